The first-order valence-corrected chi connectivity index (χ1v) is 8.05. The molecule has 0 saturated carbocycles. The molecule has 0 bridgehead atoms. The van der Waals surface area contributed by atoms with E-state index in [4.69, 9.17) is 11.6 Å². The van der Waals surface area contributed by atoms with E-state index in [1.807, 2.05) is 0 Å². The summed E-state index contributed by atoms with van der Waals surface area (Å²) in [6.45, 7) is 1.26. The lowest BCUT2D eigenvalue weighted by molar-refractivity contribution is -0.158. The monoisotopic (exact) mass is 370 g/mol. The van der Waals surface area contributed by atoms with Gasteiger partial charge in [0.1, 0.15) is 6.04 Å². The fourth-order valence-electron chi connectivity index (χ4n) is 2.46. The zero-order valence-electron chi connectivity index (χ0n) is 13.5. The third-order valence-electron chi connectivity index (χ3n) is 3.68. The Kier molecular flexibility index (Phi) is 6.45. The van der Waals surface area contributed by atoms with Gasteiger partial charge in [-0.15, -0.1) is 0 Å². The number of alkyl halides is 3. The Morgan fingerprint density at radius 1 is 1.08 bits per heavy atom. The minimum atomic E-state index is -4.50. The van der Waals surface area contributed by atoms with Gasteiger partial charge in [-0.2, -0.15) is 13.2 Å². The molecule has 7 heteroatoms. The van der Waals surface area contributed by atoms with Gasteiger partial charge < -0.3 is 5.32 Å². The number of amides is 1. The van der Waals surface area contributed by atoms with Gasteiger partial charge in [-0.3, -0.25) is 10.1 Å². The van der Waals surface area contributed by atoms with Crippen LogP contribution in [0.2, 0.25) is 5.02 Å². The number of nitrogens with one attached hydrogen (secondary N) is 2. The zero-order valence-corrected chi connectivity index (χ0v) is 14.2. The van der Waals surface area contributed by atoms with Crippen molar-refractivity contribution in [3.8, 4) is 0 Å². The van der Waals surface area contributed by atoms with Gasteiger partial charge in [-0.25, -0.2) is 0 Å². The minimum Gasteiger partial charge on any atom is -0.348 e. The lowest BCUT2D eigenvalue weighted by Crippen LogP contribution is -2.41. The van der Waals surface area contributed by atoms with Gasteiger partial charge in [0.25, 0.3) is 0 Å². The molecule has 0 fully saturated rings. The topological polar surface area (TPSA) is 41.1 Å². The highest BCUT2D eigenvalue weighted by Crippen LogP contribution is 2.32. The molecule has 25 heavy (non-hydrogen) atoms. The van der Waals surface area contributed by atoms with Crippen molar-refractivity contribution in [2.75, 3.05) is 6.54 Å². The molecule has 2 rings (SSSR count). The minimum absolute atomic E-state index is 0.0574. The van der Waals surface area contributed by atoms with E-state index < -0.39 is 30.7 Å². The van der Waals surface area contributed by atoms with Crippen molar-refractivity contribution in [1.29, 1.82) is 0 Å². The molecule has 0 aliphatic rings. The van der Waals surface area contributed by atoms with Crippen molar-refractivity contribution < 1.29 is 18.0 Å². The highest BCUT2D eigenvalue weighted by Gasteiger charge is 2.40. The highest BCUT2D eigenvalue weighted by molar-refractivity contribution is 6.31. The summed E-state index contributed by atoms with van der Waals surface area (Å²) < 4.78 is 39.7. The van der Waals surface area contributed by atoms with Crippen LogP contribution in [0.15, 0.2) is 54.6 Å². The fourth-order valence-corrected chi connectivity index (χ4v) is 2.76. The number of carbonyl (C=O) groups excluding carboxylic acids is 1. The molecule has 2 aromatic rings. The second-order valence-electron chi connectivity index (χ2n) is 5.58. The van der Waals surface area contributed by atoms with Crippen molar-refractivity contribution in [1.82, 2.24) is 10.6 Å². The summed E-state index contributed by atoms with van der Waals surface area (Å²) in [5, 5.41) is 5.41. The van der Waals surface area contributed by atoms with Crippen LogP contribution in [0.3, 0.4) is 0 Å². The second kappa shape index (κ2) is 8.36. The molecule has 0 aromatic heterocycles. The molecule has 0 radical (unpaired) electrons. The van der Waals surface area contributed by atoms with Gasteiger partial charge in [0.15, 0.2) is 0 Å². The van der Waals surface area contributed by atoms with Gasteiger partial charge in [-0.05, 0) is 24.1 Å². The van der Waals surface area contributed by atoms with Crippen molar-refractivity contribution in [3.63, 3.8) is 0 Å². The van der Waals surface area contributed by atoms with Crippen LogP contribution in [0.5, 0.6) is 0 Å². The summed E-state index contributed by atoms with van der Waals surface area (Å²) in [7, 11) is 0. The Bertz CT molecular complexity index is 707. The molecule has 0 aliphatic heterocycles. The average molecular weight is 371 g/mol. The number of rotatable bonds is 6. The number of hydrogen-bond donors (Lipinski definition) is 2. The van der Waals surface area contributed by atoms with Crippen LogP contribution >= 0.6 is 11.6 Å². The normalized spacial score (nSPS) is 14.0. The molecule has 3 nitrogen and oxygen atoms in total. The van der Waals surface area contributed by atoms with Crippen molar-refractivity contribution in [2.24, 2.45) is 0 Å². The van der Waals surface area contributed by atoms with Gasteiger partial charge in [0.2, 0.25) is 5.91 Å². The lowest BCUT2D eigenvalue weighted by Gasteiger charge is -2.22. The van der Waals surface area contributed by atoms with Crippen LogP contribution in [0.4, 0.5) is 13.2 Å². The fraction of sp³-hybridized carbons (Fsp3) is 0.278. The maximum absolute atomic E-state index is 13.2. The van der Waals surface area contributed by atoms with Crippen LogP contribution in [0.1, 0.15) is 30.1 Å². The molecule has 2 aromatic carbocycles. The summed E-state index contributed by atoms with van der Waals surface area (Å²) in [5.74, 6) is -0.544. The van der Waals surface area contributed by atoms with E-state index in [1.165, 1.54) is 24.3 Å². The Balaban J connectivity index is 1.99. The van der Waals surface area contributed by atoms with E-state index in [0.29, 0.717) is 10.6 Å². The summed E-state index contributed by atoms with van der Waals surface area (Å²) in [5.41, 5.74) is 0.759. The summed E-state index contributed by atoms with van der Waals surface area (Å²) in [4.78, 5) is 12.0. The lowest BCUT2D eigenvalue weighted by atomic mass is 10.1. The van der Waals surface area contributed by atoms with Crippen LogP contribution in [-0.4, -0.2) is 18.6 Å². The third kappa shape index (κ3) is 5.47. The molecular formula is C18H18ClF3N2O. The number of carbonyl (C=O) groups is 1. The largest absolute Gasteiger partial charge is 0.407 e. The number of benzene rings is 2. The predicted octanol–water partition coefficient (Wildman–Crippen LogP) is 4.41. The Labute approximate surface area is 149 Å². The molecule has 1 amide bonds. The zero-order chi connectivity index (χ0) is 18.4. The first-order chi connectivity index (χ1) is 11.8. The van der Waals surface area contributed by atoms with E-state index in [9.17, 15) is 18.0 Å². The molecule has 134 valence electrons. The maximum Gasteiger partial charge on any atom is 0.407 e. The molecule has 2 atom stereocenters. The van der Waals surface area contributed by atoms with Gasteiger partial charge in [0.05, 0.1) is 12.6 Å². The van der Waals surface area contributed by atoms with Gasteiger partial charge in [-0.1, -0.05) is 60.1 Å². The van der Waals surface area contributed by atoms with Crippen LogP contribution in [0.25, 0.3) is 0 Å². The Morgan fingerprint density at radius 3 is 2.28 bits per heavy atom. The van der Waals surface area contributed by atoms with Crippen molar-refractivity contribution >= 4 is 17.5 Å². The second-order valence-corrected chi connectivity index (χ2v) is 5.98. The van der Waals surface area contributed by atoms with Crippen molar-refractivity contribution in [3.05, 3.63) is 70.7 Å². The average Bonchev–Trinajstić information content (AvgIpc) is 2.55. The molecule has 0 aliphatic carbocycles. The predicted molar refractivity (Wildman–Crippen MR) is 91.3 cm³/mol. The summed E-state index contributed by atoms with van der Waals surface area (Å²) >= 11 is 6.05. The molecule has 2 unspecified atom stereocenters. The molecule has 2 N–H and O–H groups in total. The maximum atomic E-state index is 13.2. The quantitative estimate of drug-likeness (QED) is 0.790. The third-order valence-corrected chi connectivity index (χ3v) is 4.02. The number of hydrogen-bond acceptors (Lipinski definition) is 2. The van der Waals surface area contributed by atoms with E-state index in [0.717, 1.165) is 0 Å². The highest BCUT2D eigenvalue weighted by atomic mass is 35.5. The summed E-state index contributed by atoms with van der Waals surface area (Å²) in [6.07, 6.45) is -4.50. The van der Waals surface area contributed by atoms with E-state index in [1.54, 1.807) is 37.3 Å². The Morgan fingerprint density at radius 2 is 1.68 bits per heavy atom. The molecular weight excluding hydrogens is 353 g/mol. The summed E-state index contributed by atoms with van der Waals surface area (Å²) in [6, 6.07) is 12.1. The van der Waals surface area contributed by atoms with Gasteiger partial charge >= 0.3 is 6.18 Å². The van der Waals surface area contributed by atoms with Crippen molar-refractivity contribution in [2.45, 2.75) is 25.2 Å². The smallest absolute Gasteiger partial charge is 0.348 e. The first-order valence-electron chi connectivity index (χ1n) is 7.68. The van der Waals surface area contributed by atoms with E-state index in [2.05, 4.69) is 10.6 Å². The number of halogens is 4. The molecule has 0 heterocycles. The van der Waals surface area contributed by atoms with Gasteiger partial charge in [0, 0.05) is 5.02 Å². The first kappa shape index (κ1) is 19.3. The van der Waals surface area contributed by atoms with Crippen LogP contribution in [0, 0.1) is 0 Å². The molecule has 0 spiro atoms. The van der Waals surface area contributed by atoms with E-state index in [-0.39, 0.29) is 5.56 Å². The SMILES string of the molecule is CC(NC(=O)CNC(c1ccccc1)C(F)(F)F)c1ccccc1Cl. The molecule has 0 saturated heterocycles. The standard InChI is InChI=1S/C18H18ClF3N2O/c1-12(14-9-5-6-10-15(14)19)24-16(25)11-23-17(18(20,21)22)13-7-3-2-4-8-13/h2-10,12,17,23H,11H2,1H3,(H,24,25). The van der Waals surface area contributed by atoms with Crippen LogP contribution < -0.4 is 10.6 Å². The van der Waals surface area contributed by atoms with E-state index >= 15 is 0 Å². The Hall–Kier alpha value is -2.05. The van der Waals surface area contributed by atoms with Crippen LogP contribution in [-0.2, 0) is 4.79 Å².